The van der Waals surface area contributed by atoms with E-state index in [2.05, 4.69) is 30.9 Å². The highest BCUT2D eigenvalue weighted by molar-refractivity contribution is 8.26. The van der Waals surface area contributed by atoms with Crippen LogP contribution in [0.4, 0.5) is 5.69 Å². The zero-order valence-corrected chi connectivity index (χ0v) is 18.2. The van der Waals surface area contributed by atoms with Gasteiger partial charge in [0.2, 0.25) is 0 Å². The van der Waals surface area contributed by atoms with E-state index in [0.29, 0.717) is 15.0 Å². The summed E-state index contributed by atoms with van der Waals surface area (Å²) in [6.45, 7) is 9.90. The third-order valence-corrected chi connectivity index (χ3v) is 5.98. The number of thiocarbonyl (C=S) groups is 1. The van der Waals surface area contributed by atoms with Crippen LogP contribution in [-0.4, -0.2) is 33.6 Å². The van der Waals surface area contributed by atoms with Gasteiger partial charge >= 0.3 is 0 Å². The van der Waals surface area contributed by atoms with Crippen molar-refractivity contribution in [2.75, 3.05) is 18.0 Å². The smallest absolute Gasteiger partial charge is 0.290 e. The first kappa shape index (κ1) is 21.7. The Bertz CT molecular complexity index is 825. The van der Waals surface area contributed by atoms with Gasteiger partial charge in [-0.25, -0.2) is 0 Å². The Kier molecular flexibility index (Phi) is 7.68. The summed E-state index contributed by atoms with van der Waals surface area (Å²) in [4.78, 5) is 14.7. The normalized spacial score (nSPS) is 17.6. The Morgan fingerprint density at radius 3 is 2.30 bits per heavy atom. The quantitative estimate of drug-likeness (QED) is 0.280. The van der Waals surface area contributed by atoms with Gasteiger partial charge in [0.15, 0.2) is 4.32 Å². The van der Waals surface area contributed by atoms with Crippen LogP contribution in [0.1, 0.15) is 33.3 Å². The molecule has 0 radical (unpaired) electrons. The van der Waals surface area contributed by atoms with Gasteiger partial charge < -0.3 is 4.90 Å². The summed E-state index contributed by atoms with van der Waals surface area (Å²) in [5.41, 5.74) is 3.73. The van der Waals surface area contributed by atoms with Crippen molar-refractivity contribution in [1.82, 2.24) is 5.06 Å². The number of hydroxylamine groups is 2. The number of hydrogen-bond acceptors (Lipinski definition) is 5. The maximum Gasteiger partial charge on any atom is 0.290 e. The number of rotatable bonds is 6. The second kappa shape index (κ2) is 9.55. The van der Waals surface area contributed by atoms with Gasteiger partial charge in [0.1, 0.15) is 0 Å². The summed E-state index contributed by atoms with van der Waals surface area (Å²) in [6.07, 6.45) is 3.71. The Morgan fingerprint density at radius 1 is 1.22 bits per heavy atom. The highest BCUT2D eigenvalue weighted by atomic mass is 35.5. The maximum atomic E-state index is 12.0. The number of amides is 1. The molecule has 1 aliphatic heterocycles. The molecule has 0 bridgehead atoms. The van der Waals surface area contributed by atoms with Crippen LogP contribution >= 0.6 is 35.6 Å². The number of nitrogens with zero attached hydrogens (tertiary/aromatic N) is 2. The molecule has 0 spiro atoms. The van der Waals surface area contributed by atoms with E-state index in [-0.39, 0.29) is 4.32 Å². The van der Waals surface area contributed by atoms with E-state index in [1.165, 1.54) is 5.69 Å². The fraction of sp³-hybridized carbons (Fsp3) is 0.300. The Morgan fingerprint density at radius 2 is 1.81 bits per heavy atom. The van der Waals surface area contributed by atoms with Crippen molar-refractivity contribution in [3.8, 4) is 0 Å². The summed E-state index contributed by atoms with van der Waals surface area (Å²) in [5, 5.41) is 10.7. The van der Waals surface area contributed by atoms with Gasteiger partial charge in [-0.2, -0.15) is 5.06 Å². The number of anilines is 1. The number of benzene rings is 1. The first-order valence-electron chi connectivity index (χ1n) is 8.65. The third kappa shape index (κ3) is 5.23. The Labute approximate surface area is 175 Å². The van der Waals surface area contributed by atoms with Crippen molar-refractivity contribution in [2.45, 2.75) is 27.7 Å². The van der Waals surface area contributed by atoms with Gasteiger partial charge in [0, 0.05) is 23.8 Å². The number of hydrogen-bond donors (Lipinski definition) is 1. The third-order valence-electron chi connectivity index (χ3n) is 4.18. The summed E-state index contributed by atoms with van der Waals surface area (Å²) in [7, 11) is 0. The lowest BCUT2D eigenvalue weighted by Gasteiger charge is -2.21. The maximum absolute atomic E-state index is 12.0. The lowest BCUT2D eigenvalue weighted by Crippen LogP contribution is -2.23. The zero-order valence-electron chi connectivity index (χ0n) is 15.8. The molecule has 1 amide bonds. The predicted molar refractivity (Wildman–Crippen MR) is 119 cm³/mol. The van der Waals surface area contributed by atoms with Crippen molar-refractivity contribution in [2.24, 2.45) is 0 Å². The van der Waals surface area contributed by atoms with Crippen LogP contribution in [0.2, 0.25) is 0 Å². The minimum Gasteiger partial charge on any atom is -0.372 e. The van der Waals surface area contributed by atoms with E-state index in [1.807, 2.05) is 38.1 Å². The molecule has 144 valence electrons. The minimum atomic E-state index is -0.492. The summed E-state index contributed by atoms with van der Waals surface area (Å²) in [6, 6.07) is 8.14. The first-order chi connectivity index (χ1) is 12.8. The number of carbonyl (C=O) groups excluding carboxylic acids is 1. The zero-order chi connectivity index (χ0) is 20.1. The fourth-order valence-electron chi connectivity index (χ4n) is 2.75. The van der Waals surface area contributed by atoms with Crippen molar-refractivity contribution >= 4 is 56.5 Å². The highest BCUT2D eigenvalue weighted by Crippen LogP contribution is 2.33. The SMILES string of the molecule is CCN(CC)c1ccc(/C(Cl)=C/C(C)=C/C(C)=C2/SC(=S)N(O)C2=O)cc1. The van der Waals surface area contributed by atoms with Crippen molar-refractivity contribution < 1.29 is 10.0 Å². The number of halogens is 1. The van der Waals surface area contributed by atoms with Crippen LogP contribution in [0.15, 0.2) is 52.5 Å². The summed E-state index contributed by atoms with van der Waals surface area (Å²) < 4.78 is 0.141. The van der Waals surface area contributed by atoms with Crippen molar-refractivity contribution in [3.63, 3.8) is 0 Å². The minimum absolute atomic E-state index is 0.141. The van der Waals surface area contributed by atoms with E-state index in [4.69, 9.17) is 23.8 Å². The second-order valence-electron chi connectivity index (χ2n) is 6.10. The standard InChI is InChI=1S/C20H23ClN2O2S2/c1-5-22(6-2)16-9-7-15(8-10-16)17(21)12-13(3)11-14(4)18-19(24)23(25)20(26)27-18/h7-12,25H,5-6H2,1-4H3/b13-11+,17-12-,18-14+. The van der Waals surface area contributed by atoms with Crippen LogP contribution < -0.4 is 4.90 Å². The van der Waals surface area contributed by atoms with Gasteiger partial charge in [-0.05, 0) is 74.8 Å². The van der Waals surface area contributed by atoms with E-state index in [0.717, 1.165) is 41.6 Å². The fourth-order valence-corrected chi connectivity index (χ4v) is 4.12. The molecule has 1 aromatic rings. The molecule has 0 aliphatic carbocycles. The van der Waals surface area contributed by atoms with Crippen LogP contribution in [0, 0.1) is 0 Å². The lowest BCUT2D eigenvalue weighted by molar-refractivity contribution is -0.142. The molecular weight excluding hydrogens is 400 g/mol. The van der Waals surface area contributed by atoms with Gasteiger partial charge in [0.25, 0.3) is 5.91 Å². The van der Waals surface area contributed by atoms with Gasteiger partial charge in [-0.3, -0.25) is 10.0 Å². The first-order valence-corrected chi connectivity index (χ1v) is 10.3. The topological polar surface area (TPSA) is 43.8 Å². The van der Waals surface area contributed by atoms with Crippen LogP contribution in [0.3, 0.4) is 0 Å². The molecule has 0 atom stereocenters. The number of allylic oxidation sites excluding steroid dienone is 4. The van der Waals surface area contributed by atoms with Gasteiger partial charge in [-0.15, -0.1) is 0 Å². The van der Waals surface area contributed by atoms with E-state index in [9.17, 15) is 10.0 Å². The van der Waals surface area contributed by atoms with Crippen molar-refractivity contribution in [3.05, 3.63) is 58.0 Å². The molecule has 0 saturated carbocycles. The number of carbonyl (C=O) groups is 1. The van der Waals surface area contributed by atoms with Crippen LogP contribution in [0.5, 0.6) is 0 Å². The summed E-state index contributed by atoms with van der Waals surface area (Å²) in [5.74, 6) is -0.492. The molecule has 0 unspecified atom stereocenters. The Balaban J connectivity index is 2.21. The number of thioether (sulfide) groups is 1. The molecule has 7 heteroatoms. The monoisotopic (exact) mass is 422 g/mol. The van der Waals surface area contributed by atoms with E-state index in [1.54, 1.807) is 0 Å². The molecule has 1 heterocycles. The average molecular weight is 423 g/mol. The largest absolute Gasteiger partial charge is 0.372 e. The van der Waals surface area contributed by atoms with E-state index >= 15 is 0 Å². The predicted octanol–water partition coefficient (Wildman–Crippen LogP) is 5.58. The van der Waals surface area contributed by atoms with Gasteiger partial charge in [-0.1, -0.05) is 41.6 Å². The van der Waals surface area contributed by atoms with Crippen LogP contribution in [-0.2, 0) is 4.79 Å². The average Bonchev–Trinajstić information content (AvgIpc) is 2.90. The molecule has 1 aliphatic rings. The van der Waals surface area contributed by atoms with E-state index < -0.39 is 5.91 Å². The molecule has 0 aromatic heterocycles. The second-order valence-corrected chi connectivity index (χ2v) is 8.15. The Hall–Kier alpha value is -1.60. The molecule has 2 rings (SSSR count). The molecule has 1 saturated heterocycles. The highest BCUT2D eigenvalue weighted by Gasteiger charge is 2.32. The molecule has 1 N–H and O–H groups in total. The van der Waals surface area contributed by atoms with Crippen LogP contribution in [0.25, 0.3) is 5.03 Å². The molecule has 4 nitrogen and oxygen atoms in total. The molecular formula is C20H23ClN2O2S2. The molecule has 27 heavy (non-hydrogen) atoms. The lowest BCUT2D eigenvalue weighted by atomic mass is 10.1. The molecule has 1 fully saturated rings. The summed E-state index contributed by atoms with van der Waals surface area (Å²) >= 11 is 12.5. The van der Waals surface area contributed by atoms with Gasteiger partial charge in [0.05, 0.1) is 4.91 Å². The molecule has 1 aromatic carbocycles. The van der Waals surface area contributed by atoms with Crippen molar-refractivity contribution in [1.29, 1.82) is 0 Å².